The molecule has 1 atom stereocenters. The van der Waals surface area contributed by atoms with Crippen molar-refractivity contribution in [2.24, 2.45) is 0 Å². The molecule has 1 aromatic heterocycles. The van der Waals surface area contributed by atoms with Crippen LogP contribution in [-0.2, 0) is 14.8 Å². The lowest BCUT2D eigenvalue weighted by Gasteiger charge is -2.34. The van der Waals surface area contributed by atoms with Crippen LogP contribution in [0.1, 0.15) is 32.6 Å². The van der Waals surface area contributed by atoms with Crippen molar-refractivity contribution in [3.8, 4) is 0 Å². The SMILES string of the molecule is CC(C(=O)N1CCCCC1)N1CCCN(S(=O)(=O)c2cccc3cnccc23)CC1. The molecule has 1 aromatic carbocycles. The maximum absolute atomic E-state index is 13.4. The number of hydrogen-bond donors (Lipinski definition) is 0. The second kappa shape index (κ2) is 8.99. The molecule has 0 aliphatic carbocycles. The van der Waals surface area contributed by atoms with E-state index in [1.807, 2.05) is 17.9 Å². The molecule has 2 aliphatic heterocycles. The van der Waals surface area contributed by atoms with Gasteiger partial charge in [-0.2, -0.15) is 4.31 Å². The molecule has 30 heavy (non-hydrogen) atoms. The first-order valence-corrected chi connectivity index (χ1v) is 12.3. The van der Waals surface area contributed by atoms with E-state index in [1.165, 1.54) is 6.42 Å². The molecule has 0 saturated carbocycles. The minimum Gasteiger partial charge on any atom is -0.341 e. The van der Waals surface area contributed by atoms with Gasteiger partial charge in [-0.3, -0.25) is 14.7 Å². The van der Waals surface area contributed by atoms with Crippen LogP contribution in [-0.4, -0.2) is 78.7 Å². The second-order valence-corrected chi connectivity index (χ2v) is 10.1. The van der Waals surface area contributed by atoms with Crippen molar-refractivity contribution in [2.45, 2.75) is 43.5 Å². The van der Waals surface area contributed by atoms with Crippen LogP contribution in [0.5, 0.6) is 0 Å². The van der Waals surface area contributed by atoms with Gasteiger partial charge in [-0.25, -0.2) is 8.42 Å². The number of sulfonamides is 1. The Hall–Kier alpha value is -2.03. The summed E-state index contributed by atoms with van der Waals surface area (Å²) in [5.41, 5.74) is 0. The molecule has 1 unspecified atom stereocenters. The number of carbonyl (C=O) groups is 1. The Morgan fingerprint density at radius 3 is 2.57 bits per heavy atom. The molecule has 2 aromatic rings. The molecule has 3 heterocycles. The molecule has 0 N–H and O–H groups in total. The number of rotatable bonds is 4. The van der Waals surface area contributed by atoms with E-state index < -0.39 is 10.0 Å². The molecule has 0 bridgehead atoms. The minimum atomic E-state index is -3.62. The maximum Gasteiger partial charge on any atom is 0.243 e. The molecule has 2 aliphatic rings. The zero-order chi connectivity index (χ0) is 21.1. The standard InChI is InChI=1S/C22H30N4O3S/c1-18(22(27)25-11-3-2-4-12-25)24-13-6-14-26(16-15-24)30(28,29)21-8-5-7-19-17-23-10-9-20(19)21/h5,7-10,17-18H,2-4,6,11-16H2,1H3. The summed E-state index contributed by atoms with van der Waals surface area (Å²) in [4.78, 5) is 21.4. The fourth-order valence-electron chi connectivity index (χ4n) is 4.53. The summed E-state index contributed by atoms with van der Waals surface area (Å²) in [5, 5.41) is 1.51. The number of hydrogen-bond acceptors (Lipinski definition) is 5. The highest BCUT2D eigenvalue weighted by molar-refractivity contribution is 7.89. The van der Waals surface area contributed by atoms with E-state index in [4.69, 9.17) is 0 Å². The third-order valence-corrected chi connectivity index (χ3v) is 8.28. The van der Waals surface area contributed by atoms with Crippen LogP contribution in [0.15, 0.2) is 41.6 Å². The normalized spacial score (nSPS) is 20.8. The maximum atomic E-state index is 13.4. The van der Waals surface area contributed by atoms with Gasteiger partial charge in [-0.15, -0.1) is 0 Å². The van der Waals surface area contributed by atoms with Gasteiger partial charge in [0.2, 0.25) is 15.9 Å². The van der Waals surface area contributed by atoms with E-state index in [0.717, 1.165) is 37.9 Å². The summed E-state index contributed by atoms with van der Waals surface area (Å²) in [7, 11) is -3.62. The number of aromatic nitrogens is 1. The summed E-state index contributed by atoms with van der Waals surface area (Å²) >= 11 is 0. The molecule has 2 saturated heterocycles. The van der Waals surface area contributed by atoms with E-state index in [0.29, 0.717) is 36.3 Å². The zero-order valence-electron chi connectivity index (χ0n) is 17.5. The van der Waals surface area contributed by atoms with Gasteiger partial charge in [0.15, 0.2) is 0 Å². The van der Waals surface area contributed by atoms with E-state index in [9.17, 15) is 13.2 Å². The number of benzene rings is 1. The van der Waals surface area contributed by atoms with Crippen LogP contribution in [0.2, 0.25) is 0 Å². The first-order chi connectivity index (χ1) is 14.5. The van der Waals surface area contributed by atoms with Crippen LogP contribution in [0, 0.1) is 0 Å². The monoisotopic (exact) mass is 430 g/mol. The number of nitrogens with zero attached hydrogens (tertiary/aromatic N) is 4. The summed E-state index contributed by atoms with van der Waals surface area (Å²) < 4.78 is 28.4. The Labute approximate surface area is 178 Å². The van der Waals surface area contributed by atoms with Crippen LogP contribution in [0.3, 0.4) is 0 Å². The quantitative estimate of drug-likeness (QED) is 0.744. The highest BCUT2D eigenvalue weighted by atomic mass is 32.2. The number of likely N-dealkylation sites (tertiary alicyclic amines) is 1. The minimum absolute atomic E-state index is 0.174. The van der Waals surface area contributed by atoms with Gasteiger partial charge in [0.1, 0.15) is 0 Å². The van der Waals surface area contributed by atoms with Gasteiger partial charge in [-0.1, -0.05) is 12.1 Å². The number of carbonyl (C=O) groups excluding carboxylic acids is 1. The summed E-state index contributed by atoms with van der Waals surface area (Å²) in [6.07, 6.45) is 7.37. The third-order valence-electron chi connectivity index (χ3n) is 6.32. The van der Waals surface area contributed by atoms with Gasteiger partial charge in [0.05, 0.1) is 10.9 Å². The third kappa shape index (κ3) is 4.22. The first-order valence-electron chi connectivity index (χ1n) is 10.8. The van der Waals surface area contributed by atoms with Crippen molar-refractivity contribution in [3.05, 3.63) is 36.7 Å². The fraction of sp³-hybridized carbons (Fsp3) is 0.545. The van der Waals surface area contributed by atoms with E-state index in [-0.39, 0.29) is 11.9 Å². The number of fused-ring (bicyclic) bond motifs is 1. The van der Waals surface area contributed by atoms with E-state index in [2.05, 4.69) is 9.88 Å². The van der Waals surface area contributed by atoms with E-state index in [1.54, 1.807) is 34.9 Å². The molecule has 7 nitrogen and oxygen atoms in total. The van der Waals surface area contributed by atoms with Crippen molar-refractivity contribution in [3.63, 3.8) is 0 Å². The molecule has 4 rings (SSSR count). The molecular formula is C22H30N4O3S. The Balaban J connectivity index is 1.49. The van der Waals surface area contributed by atoms with Gasteiger partial charge in [-0.05, 0) is 44.7 Å². The van der Waals surface area contributed by atoms with Crippen molar-refractivity contribution in [1.82, 2.24) is 19.1 Å². The van der Waals surface area contributed by atoms with Gasteiger partial charge in [0.25, 0.3) is 0 Å². The lowest BCUT2D eigenvalue weighted by Crippen LogP contribution is -2.49. The highest BCUT2D eigenvalue weighted by Gasteiger charge is 2.32. The number of pyridine rings is 1. The Kier molecular flexibility index (Phi) is 6.36. The van der Waals surface area contributed by atoms with Crippen LogP contribution >= 0.6 is 0 Å². The first kappa shape index (κ1) is 21.2. The highest BCUT2D eigenvalue weighted by Crippen LogP contribution is 2.26. The molecule has 2 fully saturated rings. The number of amides is 1. The van der Waals surface area contributed by atoms with Crippen molar-refractivity contribution in [2.75, 3.05) is 39.3 Å². The molecule has 1 amide bonds. The lowest BCUT2D eigenvalue weighted by atomic mass is 10.1. The molecule has 0 radical (unpaired) electrons. The van der Waals surface area contributed by atoms with Crippen molar-refractivity contribution >= 4 is 26.7 Å². The topological polar surface area (TPSA) is 73.8 Å². The zero-order valence-corrected chi connectivity index (χ0v) is 18.4. The Bertz CT molecular complexity index is 999. The molecule has 162 valence electrons. The Morgan fingerprint density at radius 2 is 1.77 bits per heavy atom. The average Bonchev–Trinajstić information content (AvgIpc) is 3.05. The largest absolute Gasteiger partial charge is 0.341 e. The van der Waals surface area contributed by atoms with Crippen molar-refractivity contribution in [1.29, 1.82) is 0 Å². The lowest BCUT2D eigenvalue weighted by molar-refractivity contribution is -0.137. The van der Waals surface area contributed by atoms with Gasteiger partial charge >= 0.3 is 0 Å². The van der Waals surface area contributed by atoms with Gasteiger partial charge < -0.3 is 4.90 Å². The smallest absolute Gasteiger partial charge is 0.243 e. The van der Waals surface area contributed by atoms with Gasteiger partial charge in [0, 0.05) is 62.4 Å². The van der Waals surface area contributed by atoms with E-state index >= 15 is 0 Å². The Morgan fingerprint density at radius 1 is 0.967 bits per heavy atom. The summed E-state index contributed by atoms with van der Waals surface area (Å²) in [6, 6.07) is 6.85. The average molecular weight is 431 g/mol. The van der Waals surface area contributed by atoms with Crippen LogP contribution in [0.4, 0.5) is 0 Å². The number of piperidine rings is 1. The second-order valence-electron chi connectivity index (χ2n) is 8.21. The fourth-order valence-corrected chi connectivity index (χ4v) is 6.22. The summed E-state index contributed by atoms with van der Waals surface area (Å²) in [6.45, 7) is 5.78. The van der Waals surface area contributed by atoms with Crippen molar-refractivity contribution < 1.29 is 13.2 Å². The van der Waals surface area contributed by atoms with Crippen LogP contribution in [0.25, 0.3) is 10.8 Å². The van der Waals surface area contributed by atoms with Crippen LogP contribution < -0.4 is 0 Å². The molecule has 8 heteroatoms. The predicted molar refractivity (Wildman–Crippen MR) is 117 cm³/mol. The summed E-state index contributed by atoms with van der Waals surface area (Å²) in [5.74, 6) is 0.174. The molecular weight excluding hydrogens is 400 g/mol. The predicted octanol–water partition coefficient (Wildman–Crippen LogP) is 2.33. The molecule has 0 spiro atoms.